The summed E-state index contributed by atoms with van der Waals surface area (Å²) in [5.41, 5.74) is 0.933. The van der Waals surface area contributed by atoms with E-state index in [0.717, 1.165) is 35.0 Å². The second-order valence-corrected chi connectivity index (χ2v) is 5.51. The van der Waals surface area contributed by atoms with Crippen LogP contribution < -0.4 is 0 Å². The number of hydrogen-bond acceptors (Lipinski definition) is 4. The van der Waals surface area contributed by atoms with Crippen LogP contribution >= 0.6 is 11.3 Å². The molecule has 1 aromatic rings. The maximum absolute atomic E-state index is 11.5. The van der Waals surface area contributed by atoms with Gasteiger partial charge in [-0.25, -0.2) is 4.98 Å². The van der Waals surface area contributed by atoms with Gasteiger partial charge in [0.15, 0.2) is 5.78 Å². The van der Waals surface area contributed by atoms with E-state index >= 15 is 0 Å². The Morgan fingerprint density at radius 1 is 1.56 bits per heavy atom. The van der Waals surface area contributed by atoms with Crippen LogP contribution in [0.15, 0.2) is 0 Å². The van der Waals surface area contributed by atoms with E-state index in [4.69, 9.17) is 4.74 Å². The molecule has 0 bridgehead atoms. The number of rotatable bonds is 3. The van der Waals surface area contributed by atoms with E-state index in [-0.39, 0.29) is 11.9 Å². The van der Waals surface area contributed by atoms with Crippen LogP contribution in [-0.2, 0) is 4.74 Å². The molecule has 1 atom stereocenters. The van der Waals surface area contributed by atoms with Crippen molar-refractivity contribution in [1.82, 2.24) is 4.98 Å². The third-order valence-electron chi connectivity index (χ3n) is 2.74. The highest BCUT2D eigenvalue weighted by Crippen LogP contribution is 2.35. The molecule has 88 valence electrons. The lowest BCUT2D eigenvalue weighted by Crippen LogP contribution is -1.98. The van der Waals surface area contributed by atoms with Gasteiger partial charge in [-0.2, -0.15) is 0 Å². The van der Waals surface area contributed by atoms with E-state index in [1.54, 1.807) is 6.92 Å². The minimum Gasteiger partial charge on any atom is -0.371 e. The topological polar surface area (TPSA) is 39.2 Å². The zero-order chi connectivity index (χ0) is 11.7. The van der Waals surface area contributed by atoms with Gasteiger partial charge < -0.3 is 4.74 Å². The molecule has 16 heavy (non-hydrogen) atoms. The van der Waals surface area contributed by atoms with E-state index in [2.05, 4.69) is 18.8 Å². The van der Waals surface area contributed by atoms with Crippen molar-refractivity contribution in [3.63, 3.8) is 0 Å². The van der Waals surface area contributed by atoms with Gasteiger partial charge in [-0.15, -0.1) is 11.3 Å². The monoisotopic (exact) mass is 239 g/mol. The van der Waals surface area contributed by atoms with Crippen LogP contribution in [0.4, 0.5) is 0 Å². The van der Waals surface area contributed by atoms with E-state index < -0.39 is 0 Å². The molecule has 1 aliphatic heterocycles. The van der Waals surface area contributed by atoms with Crippen molar-refractivity contribution in [3.8, 4) is 0 Å². The highest BCUT2D eigenvalue weighted by molar-refractivity contribution is 7.13. The molecule has 2 rings (SSSR count). The summed E-state index contributed by atoms with van der Waals surface area (Å²) in [6.07, 6.45) is 2.24. The van der Waals surface area contributed by atoms with Crippen molar-refractivity contribution < 1.29 is 9.53 Å². The molecule has 0 N–H and O–H groups in total. The molecule has 0 saturated carbocycles. The Balaban J connectivity index is 2.34. The molecule has 3 nitrogen and oxygen atoms in total. The lowest BCUT2D eigenvalue weighted by Gasteiger charge is -2.04. The molecule has 0 spiro atoms. The molecule has 1 aliphatic rings. The van der Waals surface area contributed by atoms with Crippen molar-refractivity contribution in [2.24, 2.45) is 0 Å². The molecular weight excluding hydrogens is 222 g/mol. The van der Waals surface area contributed by atoms with E-state index in [1.165, 1.54) is 11.3 Å². The SMILES string of the molecule is CC(=O)c1sc(C2CCCO2)nc1C(C)C. The van der Waals surface area contributed by atoms with Gasteiger partial charge in [0.1, 0.15) is 11.1 Å². The fraction of sp³-hybridized carbons (Fsp3) is 0.667. The molecule has 2 heterocycles. The van der Waals surface area contributed by atoms with E-state index in [1.807, 2.05) is 0 Å². The van der Waals surface area contributed by atoms with Crippen molar-refractivity contribution >= 4 is 17.1 Å². The van der Waals surface area contributed by atoms with Gasteiger partial charge in [0.05, 0.1) is 10.6 Å². The fourth-order valence-electron chi connectivity index (χ4n) is 1.90. The highest BCUT2D eigenvalue weighted by atomic mass is 32.1. The summed E-state index contributed by atoms with van der Waals surface area (Å²) < 4.78 is 5.60. The van der Waals surface area contributed by atoms with Crippen LogP contribution in [0.2, 0.25) is 0 Å². The maximum atomic E-state index is 11.5. The number of carbonyl (C=O) groups excluding carboxylic acids is 1. The number of hydrogen-bond donors (Lipinski definition) is 0. The van der Waals surface area contributed by atoms with Crippen LogP contribution in [0.5, 0.6) is 0 Å². The predicted octanol–water partition coefficient (Wildman–Crippen LogP) is 3.32. The first-order valence-corrected chi connectivity index (χ1v) is 6.54. The molecule has 1 fully saturated rings. The van der Waals surface area contributed by atoms with Crippen molar-refractivity contribution in [3.05, 3.63) is 15.6 Å². The van der Waals surface area contributed by atoms with Gasteiger partial charge in [0, 0.05) is 13.5 Å². The Morgan fingerprint density at radius 3 is 2.75 bits per heavy atom. The molecule has 4 heteroatoms. The molecule has 1 unspecified atom stereocenters. The number of carbonyl (C=O) groups is 1. The maximum Gasteiger partial charge on any atom is 0.171 e. The van der Waals surface area contributed by atoms with Gasteiger partial charge in [0.25, 0.3) is 0 Å². The highest BCUT2D eigenvalue weighted by Gasteiger charge is 2.25. The van der Waals surface area contributed by atoms with Gasteiger partial charge in [0.2, 0.25) is 0 Å². The number of ether oxygens (including phenoxy) is 1. The third kappa shape index (κ3) is 2.18. The van der Waals surface area contributed by atoms with Gasteiger partial charge in [-0.1, -0.05) is 13.8 Å². The first kappa shape index (κ1) is 11.7. The Hall–Kier alpha value is -0.740. The number of ketones is 1. The quantitative estimate of drug-likeness (QED) is 0.759. The Morgan fingerprint density at radius 2 is 2.31 bits per heavy atom. The van der Waals surface area contributed by atoms with Crippen molar-refractivity contribution in [2.75, 3.05) is 6.61 Å². The molecule has 0 aromatic carbocycles. The lowest BCUT2D eigenvalue weighted by molar-refractivity contribution is 0.102. The zero-order valence-corrected chi connectivity index (χ0v) is 10.8. The third-order valence-corrected chi connectivity index (χ3v) is 4.01. The van der Waals surface area contributed by atoms with Gasteiger partial charge in [-0.3, -0.25) is 4.79 Å². The number of aromatic nitrogens is 1. The normalized spacial score (nSPS) is 20.6. The average Bonchev–Trinajstić information content (AvgIpc) is 2.86. The first-order valence-electron chi connectivity index (χ1n) is 5.72. The Kier molecular flexibility index (Phi) is 3.40. The Labute approximate surface area is 99.8 Å². The van der Waals surface area contributed by atoms with Crippen LogP contribution in [-0.4, -0.2) is 17.4 Å². The second-order valence-electron chi connectivity index (χ2n) is 4.48. The minimum atomic E-state index is 0.116. The minimum absolute atomic E-state index is 0.116. The molecule has 1 aromatic heterocycles. The van der Waals surface area contributed by atoms with Gasteiger partial charge in [-0.05, 0) is 18.8 Å². The Bertz CT molecular complexity index is 392. The smallest absolute Gasteiger partial charge is 0.171 e. The van der Waals surface area contributed by atoms with Crippen molar-refractivity contribution in [1.29, 1.82) is 0 Å². The predicted molar refractivity (Wildman–Crippen MR) is 64.1 cm³/mol. The molecule has 1 saturated heterocycles. The molecule has 0 aliphatic carbocycles. The number of Topliss-reactive ketones (excluding diaryl/α,β-unsaturated/α-hetero) is 1. The van der Waals surface area contributed by atoms with Crippen LogP contribution in [0.3, 0.4) is 0 Å². The first-order chi connectivity index (χ1) is 7.59. The molecule has 0 radical (unpaired) electrons. The van der Waals surface area contributed by atoms with E-state index in [0.29, 0.717) is 5.92 Å². The average molecular weight is 239 g/mol. The lowest BCUT2D eigenvalue weighted by atomic mass is 10.1. The van der Waals surface area contributed by atoms with Crippen LogP contribution in [0.1, 0.15) is 66.0 Å². The summed E-state index contributed by atoms with van der Waals surface area (Å²) in [4.78, 5) is 16.9. The summed E-state index contributed by atoms with van der Waals surface area (Å²) in [5.74, 6) is 0.413. The van der Waals surface area contributed by atoms with Crippen LogP contribution in [0.25, 0.3) is 0 Å². The summed E-state index contributed by atoms with van der Waals surface area (Å²) in [7, 11) is 0. The second kappa shape index (κ2) is 4.63. The summed E-state index contributed by atoms with van der Waals surface area (Å²) in [6, 6.07) is 0. The summed E-state index contributed by atoms with van der Waals surface area (Å²) >= 11 is 1.51. The van der Waals surface area contributed by atoms with E-state index in [9.17, 15) is 4.79 Å². The largest absolute Gasteiger partial charge is 0.371 e. The number of nitrogens with zero attached hydrogens (tertiary/aromatic N) is 1. The fourth-order valence-corrected chi connectivity index (χ4v) is 3.10. The molecule has 0 amide bonds. The summed E-state index contributed by atoms with van der Waals surface area (Å²) in [6.45, 7) is 6.57. The zero-order valence-electron chi connectivity index (χ0n) is 9.95. The van der Waals surface area contributed by atoms with Crippen LogP contribution in [0, 0.1) is 0 Å². The number of thiazole rings is 1. The molecular formula is C12H17NO2S. The van der Waals surface area contributed by atoms with Crippen molar-refractivity contribution in [2.45, 2.75) is 45.6 Å². The standard InChI is InChI=1S/C12H17NO2S/c1-7(2)10-11(8(3)14)16-12(13-10)9-5-4-6-15-9/h7,9H,4-6H2,1-3H3. The summed E-state index contributed by atoms with van der Waals surface area (Å²) in [5, 5.41) is 0.978. The van der Waals surface area contributed by atoms with Gasteiger partial charge >= 0.3 is 0 Å².